The fourth-order valence-corrected chi connectivity index (χ4v) is 4.07. The summed E-state index contributed by atoms with van der Waals surface area (Å²) in [5.41, 5.74) is 14.4. The Balaban J connectivity index is 3.05. The van der Waals surface area contributed by atoms with E-state index in [1.807, 2.05) is 0 Å². The monoisotopic (exact) mass is 310 g/mol. The van der Waals surface area contributed by atoms with E-state index in [1.165, 1.54) is 12.8 Å². The zero-order chi connectivity index (χ0) is 17.4. The zero-order valence-electron chi connectivity index (χ0n) is 16.6. The van der Waals surface area contributed by atoms with Gasteiger partial charge in [0, 0.05) is 11.1 Å². The van der Waals surface area contributed by atoms with E-state index in [2.05, 4.69) is 55.4 Å². The van der Waals surface area contributed by atoms with E-state index >= 15 is 0 Å². The van der Waals surface area contributed by atoms with Gasteiger partial charge in [0.25, 0.3) is 0 Å². The molecular weight excluding hydrogens is 268 g/mol. The second-order valence-corrected chi connectivity index (χ2v) is 11.0. The van der Waals surface area contributed by atoms with Crippen molar-refractivity contribution in [1.82, 2.24) is 0 Å². The van der Waals surface area contributed by atoms with Gasteiger partial charge >= 0.3 is 0 Å². The average molecular weight is 311 g/mol. The van der Waals surface area contributed by atoms with Crippen molar-refractivity contribution in [3.8, 4) is 0 Å². The molecule has 0 bridgehead atoms. The molecule has 1 aliphatic rings. The summed E-state index contributed by atoms with van der Waals surface area (Å²) in [5.74, 6) is 0. The van der Waals surface area contributed by atoms with Gasteiger partial charge in [-0.3, -0.25) is 0 Å². The first kappa shape index (κ1) is 20.0. The van der Waals surface area contributed by atoms with Crippen LogP contribution in [0.2, 0.25) is 0 Å². The maximum absolute atomic E-state index is 7.13. The van der Waals surface area contributed by atoms with Crippen LogP contribution in [0.25, 0.3) is 0 Å². The topological polar surface area (TPSA) is 52.0 Å². The van der Waals surface area contributed by atoms with Gasteiger partial charge in [0.2, 0.25) is 0 Å². The van der Waals surface area contributed by atoms with Gasteiger partial charge in [-0.15, -0.1) is 0 Å². The highest BCUT2D eigenvalue weighted by atomic mass is 15.0. The Bertz CT molecular complexity index is 372. The molecule has 4 N–H and O–H groups in total. The Hall–Kier alpha value is -0.0800. The summed E-state index contributed by atoms with van der Waals surface area (Å²) in [4.78, 5) is 0. The Kier molecular flexibility index (Phi) is 5.53. The van der Waals surface area contributed by atoms with Crippen molar-refractivity contribution in [3.05, 3.63) is 0 Å². The molecule has 0 heterocycles. The molecule has 0 aliphatic heterocycles. The molecule has 22 heavy (non-hydrogen) atoms. The van der Waals surface area contributed by atoms with E-state index in [4.69, 9.17) is 11.5 Å². The molecule has 2 atom stereocenters. The summed E-state index contributed by atoms with van der Waals surface area (Å²) in [6.45, 7) is 18.5. The first-order valence-electron chi connectivity index (χ1n) is 9.20. The molecule has 0 saturated heterocycles. The van der Waals surface area contributed by atoms with Crippen molar-refractivity contribution in [2.24, 2.45) is 27.7 Å². The lowest BCUT2D eigenvalue weighted by atomic mass is 9.51. The highest BCUT2D eigenvalue weighted by Gasteiger charge is 2.56. The highest BCUT2D eigenvalue weighted by molar-refractivity contribution is 5.16. The van der Waals surface area contributed by atoms with Crippen LogP contribution in [-0.2, 0) is 0 Å². The standard InChI is InChI=1S/C20H42N2/c1-16(2,3)12-14-19(21)11-9-10-18(7,8)20(19,22)15-13-17(4,5)6/h9-15,21-22H2,1-8H3/t19-,20+/m1/s1. The van der Waals surface area contributed by atoms with Gasteiger partial charge in [0.05, 0.1) is 0 Å². The van der Waals surface area contributed by atoms with Crippen molar-refractivity contribution < 1.29 is 0 Å². The van der Waals surface area contributed by atoms with E-state index in [0.29, 0.717) is 10.8 Å². The summed E-state index contributed by atoms with van der Waals surface area (Å²) in [5, 5.41) is 0. The quantitative estimate of drug-likeness (QED) is 0.745. The molecule has 1 aliphatic carbocycles. The molecule has 1 saturated carbocycles. The SMILES string of the molecule is CC(C)(C)CC[C@]1(N)CCCC(C)(C)[C@@]1(N)CCC(C)(C)C. The van der Waals surface area contributed by atoms with E-state index < -0.39 is 0 Å². The second kappa shape index (κ2) is 6.09. The van der Waals surface area contributed by atoms with Crippen LogP contribution in [0.15, 0.2) is 0 Å². The Labute approximate surface area is 139 Å². The van der Waals surface area contributed by atoms with E-state index in [1.54, 1.807) is 0 Å². The Morgan fingerprint density at radius 3 is 1.68 bits per heavy atom. The molecule has 0 aromatic carbocycles. The normalized spacial score (nSPS) is 33.0. The highest BCUT2D eigenvalue weighted by Crippen LogP contribution is 2.52. The van der Waals surface area contributed by atoms with Crippen LogP contribution in [0, 0.1) is 16.2 Å². The number of nitrogens with two attached hydrogens (primary N) is 2. The van der Waals surface area contributed by atoms with Gasteiger partial charge in [0.15, 0.2) is 0 Å². The molecule has 0 spiro atoms. The van der Waals surface area contributed by atoms with E-state index in [0.717, 1.165) is 32.1 Å². The third-order valence-electron chi connectivity index (χ3n) is 6.11. The lowest BCUT2D eigenvalue weighted by molar-refractivity contribution is -0.00604. The molecule has 0 aromatic rings. The van der Waals surface area contributed by atoms with Gasteiger partial charge in [0.1, 0.15) is 0 Å². The van der Waals surface area contributed by atoms with Crippen LogP contribution in [0.5, 0.6) is 0 Å². The molecule has 2 nitrogen and oxygen atoms in total. The largest absolute Gasteiger partial charge is 0.324 e. The maximum atomic E-state index is 7.13. The fraction of sp³-hybridized carbons (Fsp3) is 1.00. The molecular formula is C20H42N2. The molecule has 0 unspecified atom stereocenters. The van der Waals surface area contributed by atoms with Crippen molar-refractivity contribution in [3.63, 3.8) is 0 Å². The van der Waals surface area contributed by atoms with Crippen LogP contribution in [0.4, 0.5) is 0 Å². The van der Waals surface area contributed by atoms with Crippen molar-refractivity contribution in [2.45, 2.75) is 111 Å². The second-order valence-electron chi connectivity index (χ2n) is 11.0. The lowest BCUT2D eigenvalue weighted by Crippen LogP contribution is -2.74. The predicted molar refractivity (Wildman–Crippen MR) is 98.8 cm³/mol. The Morgan fingerprint density at radius 1 is 0.773 bits per heavy atom. The fourth-order valence-electron chi connectivity index (χ4n) is 4.07. The van der Waals surface area contributed by atoms with Crippen molar-refractivity contribution >= 4 is 0 Å². The molecule has 132 valence electrons. The third-order valence-corrected chi connectivity index (χ3v) is 6.11. The first-order valence-corrected chi connectivity index (χ1v) is 9.20. The lowest BCUT2D eigenvalue weighted by Gasteiger charge is -2.59. The van der Waals surface area contributed by atoms with Gasteiger partial charge in [-0.05, 0) is 54.8 Å². The summed E-state index contributed by atoms with van der Waals surface area (Å²) in [7, 11) is 0. The van der Waals surface area contributed by atoms with E-state index in [9.17, 15) is 0 Å². The van der Waals surface area contributed by atoms with Crippen molar-refractivity contribution in [2.75, 3.05) is 0 Å². The predicted octanol–water partition coefficient (Wildman–Crippen LogP) is 5.24. The molecule has 0 aromatic heterocycles. The molecule has 1 fully saturated rings. The summed E-state index contributed by atoms with van der Waals surface area (Å²) >= 11 is 0. The first-order chi connectivity index (χ1) is 9.62. The summed E-state index contributed by atoms with van der Waals surface area (Å²) in [6.07, 6.45) is 7.84. The molecule has 2 heteroatoms. The minimum atomic E-state index is -0.267. The minimum Gasteiger partial charge on any atom is -0.324 e. The maximum Gasteiger partial charge on any atom is 0.0388 e. The average Bonchev–Trinajstić information content (AvgIpc) is 2.29. The Morgan fingerprint density at radius 2 is 1.23 bits per heavy atom. The molecule has 1 rings (SSSR count). The minimum absolute atomic E-state index is 0.114. The number of hydrogen-bond donors (Lipinski definition) is 2. The molecule has 0 radical (unpaired) electrons. The summed E-state index contributed by atoms with van der Waals surface area (Å²) < 4.78 is 0. The smallest absolute Gasteiger partial charge is 0.0388 e. The molecule has 0 amide bonds. The van der Waals surface area contributed by atoms with Gasteiger partial charge in [-0.25, -0.2) is 0 Å². The van der Waals surface area contributed by atoms with Crippen LogP contribution < -0.4 is 11.5 Å². The van der Waals surface area contributed by atoms with Crippen LogP contribution >= 0.6 is 0 Å². The van der Waals surface area contributed by atoms with Gasteiger partial charge in [-0.1, -0.05) is 61.8 Å². The summed E-state index contributed by atoms with van der Waals surface area (Å²) in [6, 6.07) is 0. The van der Waals surface area contributed by atoms with E-state index in [-0.39, 0.29) is 16.5 Å². The van der Waals surface area contributed by atoms with Crippen LogP contribution in [0.1, 0.15) is 100 Å². The number of hydrogen-bond acceptors (Lipinski definition) is 2. The van der Waals surface area contributed by atoms with Gasteiger partial charge < -0.3 is 11.5 Å². The van der Waals surface area contributed by atoms with Crippen LogP contribution in [-0.4, -0.2) is 11.1 Å². The van der Waals surface area contributed by atoms with Gasteiger partial charge in [-0.2, -0.15) is 0 Å². The number of rotatable bonds is 4. The van der Waals surface area contributed by atoms with Crippen LogP contribution in [0.3, 0.4) is 0 Å². The van der Waals surface area contributed by atoms with Crippen molar-refractivity contribution in [1.29, 1.82) is 0 Å². The zero-order valence-corrected chi connectivity index (χ0v) is 16.6. The third kappa shape index (κ3) is 4.47.